The SMILES string of the molecule is COCCC1(CNC(=O)CC(O)c2ccc(Cl)cc2)CC1. The van der Waals surface area contributed by atoms with Crippen LogP contribution in [0.2, 0.25) is 5.02 Å². The molecule has 0 saturated heterocycles. The highest BCUT2D eigenvalue weighted by Crippen LogP contribution is 2.48. The largest absolute Gasteiger partial charge is 0.388 e. The molecule has 5 heteroatoms. The molecule has 0 radical (unpaired) electrons. The van der Waals surface area contributed by atoms with Crippen LogP contribution in [0.15, 0.2) is 24.3 Å². The van der Waals surface area contributed by atoms with E-state index < -0.39 is 6.10 Å². The van der Waals surface area contributed by atoms with Crippen molar-refractivity contribution in [2.45, 2.75) is 31.8 Å². The number of benzene rings is 1. The summed E-state index contributed by atoms with van der Waals surface area (Å²) in [4.78, 5) is 11.9. The average molecular weight is 312 g/mol. The summed E-state index contributed by atoms with van der Waals surface area (Å²) < 4.78 is 5.09. The van der Waals surface area contributed by atoms with Gasteiger partial charge in [0.25, 0.3) is 0 Å². The van der Waals surface area contributed by atoms with Crippen LogP contribution in [0.25, 0.3) is 0 Å². The van der Waals surface area contributed by atoms with Crippen molar-refractivity contribution in [1.82, 2.24) is 5.32 Å². The molecule has 1 aliphatic rings. The maximum atomic E-state index is 11.9. The van der Waals surface area contributed by atoms with Crippen LogP contribution in [0.5, 0.6) is 0 Å². The Labute approximate surface area is 130 Å². The van der Waals surface area contributed by atoms with Gasteiger partial charge in [0.15, 0.2) is 0 Å². The van der Waals surface area contributed by atoms with Crippen molar-refractivity contribution < 1.29 is 14.6 Å². The molecule has 0 heterocycles. The normalized spacial score (nSPS) is 17.3. The Morgan fingerprint density at radius 2 is 2.10 bits per heavy atom. The molecule has 1 aliphatic carbocycles. The van der Waals surface area contributed by atoms with Gasteiger partial charge in [0.05, 0.1) is 12.5 Å². The van der Waals surface area contributed by atoms with Gasteiger partial charge < -0.3 is 15.2 Å². The van der Waals surface area contributed by atoms with Crippen LogP contribution in [0.1, 0.15) is 37.4 Å². The number of aliphatic hydroxyl groups is 1. The van der Waals surface area contributed by atoms with Gasteiger partial charge in [-0.2, -0.15) is 0 Å². The number of amides is 1. The van der Waals surface area contributed by atoms with Crippen molar-refractivity contribution in [1.29, 1.82) is 0 Å². The number of hydrogen-bond acceptors (Lipinski definition) is 3. The topological polar surface area (TPSA) is 58.6 Å². The number of methoxy groups -OCH3 is 1. The second-order valence-electron chi connectivity index (χ2n) is 5.79. The number of aliphatic hydroxyl groups excluding tert-OH is 1. The Morgan fingerprint density at radius 1 is 1.43 bits per heavy atom. The lowest BCUT2D eigenvalue weighted by atomic mass is 10.0. The van der Waals surface area contributed by atoms with E-state index in [2.05, 4.69) is 5.32 Å². The molecule has 1 aromatic rings. The monoisotopic (exact) mass is 311 g/mol. The van der Waals surface area contributed by atoms with E-state index in [0.717, 1.165) is 25.9 Å². The summed E-state index contributed by atoms with van der Waals surface area (Å²) in [5.74, 6) is -0.124. The molecular formula is C16H22ClNO3. The molecule has 1 saturated carbocycles. The summed E-state index contributed by atoms with van der Waals surface area (Å²) in [5.41, 5.74) is 0.923. The predicted octanol–water partition coefficient (Wildman–Crippen LogP) is 2.70. The fourth-order valence-corrected chi connectivity index (χ4v) is 2.47. The molecule has 1 atom stereocenters. The highest BCUT2D eigenvalue weighted by atomic mass is 35.5. The van der Waals surface area contributed by atoms with Crippen LogP contribution < -0.4 is 5.32 Å². The lowest BCUT2D eigenvalue weighted by Crippen LogP contribution is -2.31. The zero-order chi connectivity index (χ0) is 15.3. The molecular weight excluding hydrogens is 290 g/mol. The van der Waals surface area contributed by atoms with Gasteiger partial charge in [0.1, 0.15) is 0 Å². The van der Waals surface area contributed by atoms with Crippen molar-refractivity contribution in [3.63, 3.8) is 0 Å². The fourth-order valence-electron chi connectivity index (χ4n) is 2.35. The Kier molecular flexibility index (Phi) is 5.62. The molecule has 116 valence electrons. The number of carbonyl (C=O) groups is 1. The van der Waals surface area contributed by atoms with E-state index in [1.54, 1.807) is 31.4 Å². The van der Waals surface area contributed by atoms with Crippen molar-refractivity contribution in [3.8, 4) is 0 Å². The second-order valence-corrected chi connectivity index (χ2v) is 6.23. The Balaban J connectivity index is 1.75. The van der Waals surface area contributed by atoms with E-state index in [-0.39, 0.29) is 17.7 Å². The van der Waals surface area contributed by atoms with E-state index in [1.807, 2.05) is 0 Å². The Hall–Kier alpha value is -1.10. The van der Waals surface area contributed by atoms with Crippen molar-refractivity contribution >= 4 is 17.5 Å². The fraction of sp³-hybridized carbons (Fsp3) is 0.562. The van der Waals surface area contributed by atoms with Gasteiger partial charge in [-0.3, -0.25) is 4.79 Å². The molecule has 0 spiro atoms. The van der Waals surface area contributed by atoms with Crippen LogP contribution in [0.3, 0.4) is 0 Å². The standard InChI is InChI=1S/C16H22ClNO3/c1-21-9-8-16(6-7-16)11-18-15(20)10-14(19)12-2-4-13(17)5-3-12/h2-5,14,19H,6-11H2,1H3,(H,18,20). The van der Waals surface area contributed by atoms with E-state index >= 15 is 0 Å². The number of hydrogen-bond donors (Lipinski definition) is 2. The molecule has 2 N–H and O–H groups in total. The lowest BCUT2D eigenvalue weighted by molar-refractivity contribution is -0.123. The van der Waals surface area contributed by atoms with Crippen LogP contribution in [-0.4, -0.2) is 31.3 Å². The van der Waals surface area contributed by atoms with Gasteiger partial charge in [0, 0.05) is 25.3 Å². The molecule has 1 unspecified atom stereocenters. The minimum absolute atomic E-state index is 0.0714. The zero-order valence-corrected chi connectivity index (χ0v) is 13.0. The van der Waals surface area contributed by atoms with Crippen molar-refractivity contribution in [3.05, 3.63) is 34.9 Å². The van der Waals surface area contributed by atoms with E-state index in [4.69, 9.17) is 16.3 Å². The molecule has 0 aliphatic heterocycles. The minimum Gasteiger partial charge on any atom is -0.388 e. The highest BCUT2D eigenvalue weighted by Gasteiger charge is 2.42. The van der Waals surface area contributed by atoms with Crippen LogP contribution in [0.4, 0.5) is 0 Å². The average Bonchev–Trinajstić information content (AvgIpc) is 3.24. The highest BCUT2D eigenvalue weighted by molar-refractivity contribution is 6.30. The van der Waals surface area contributed by atoms with Crippen LogP contribution >= 0.6 is 11.6 Å². The summed E-state index contributed by atoms with van der Waals surface area (Å²) in [7, 11) is 1.69. The number of ether oxygens (including phenoxy) is 1. The van der Waals surface area contributed by atoms with Gasteiger partial charge in [-0.25, -0.2) is 0 Å². The molecule has 2 rings (SSSR count). The molecule has 21 heavy (non-hydrogen) atoms. The number of halogens is 1. The Bertz CT molecular complexity index is 471. The van der Waals surface area contributed by atoms with Crippen molar-refractivity contribution in [2.24, 2.45) is 5.41 Å². The molecule has 1 amide bonds. The maximum Gasteiger partial charge on any atom is 0.222 e. The molecule has 4 nitrogen and oxygen atoms in total. The van der Waals surface area contributed by atoms with Crippen LogP contribution in [-0.2, 0) is 9.53 Å². The first-order valence-corrected chi connectivity index (χ1v) is 7.62. The maximum absolute atomic E-state index is 11.9. The molecule has 1 aromatic carbocycles. The lowest BCUT2D eigenvalue weighted by Gasteiger charge is -2.17. The van der Waals surface area contributed by atoms with Gasteiger partial charge in [-0.05, 0) is 42.4 Å². The predicted molar refractivity (Wildman–Crippen MR) is 82.2 cm³/mol. The second kappa shape index (κ2) is 7.25. The van der Waals surface area contributed by atoms with Gasteiger partial charge in [-0.1, -0.05) is 23.7 Å². The third kappa shape index (κ3) is 4.99. The first kappa shape index (κ1) is 16.3. The van der Waals surface area contributed by atoms with Crippen LogP contribution in [0, 0.1) is 5.41 Å². The minimum atomic E-state index is -0.795. The van der Waals surface area contributed by atoms with E-state index in [9.17, 15) is 9.90 Å². The van der Waals surface area contributed by atoms with Gasteiger partial charge in [-0.15, -0.1) is 0 Å². The van der Waals surface area contributed by atoms with Gasteiger partial charge >= 0.3 is 0 Å². The third-order valence-corrected chi connectivity index (χ3v) is 4.34. The summed E-state index contributed by atoms with van der Waals surface area (Å²) in [6.45, 7) is 1.39. The first-order chi connectivity index (χ1) is 10.0. The molecule has 1 fully saturated rings. The smallest absolute Gasteiger partial charge is 0.222 e. The third-order valence-electron chi connectivity index (χ3n) is 4.09. The number of carbonyl (C=O) groups excluding carboxylic acids is 1. The summed E-state index contributed by atoms with van der Waals surface area (Å²) >= 11 is 5.80. The van der Waals surface area contributed by atoms with E-state index in [1.165, 1.54) is 0 Å². The summed E-state index contributed by atoms with van der Waals surface area (Å²) in [5, 5.41) is 13.6. The number of rotatable bonds is 8. The summed E-state index contributed by atoms with van der Waals surface area (Å²) in [6.07, 6.45) is 2.52. The molecule has 0 bridgehead atoms. The first-order valence-electron chi connectivity index (χ1n) is 7.24. The number of nitrogens with one attached hydrogen (secondary N) is 1. The van der Waals surface area contributed by atoms with Gasteiger partial charge in [0.2, 0.25) is 5.91 Å². The quantitative estimate of drug-likeness (QED) is 0.776. The molecule has 0 aromatic heterocycles. The van der Waals surface area contributed by atoms with E-state index in [0.29, 0.717) is 17.1 Å². The Morgan fingerprint density at radius 3 is 2.67 bits per heavy atom. The van der Waals surface area contributed by atoms with Crippen molar-refractivity contribution in [2.75, 3.05) is 20.3 Å². The zero-order valence-electron chi connectivity index (χ0n) is 12.3. The summed E-state index contributed by atoms with van der Waals surface area (Å²) in [6, 6.07) is 6.90.